The van der Waals surface area contributed by atoms with Gasteiger partial charge < -0.3 is 19.8 Å². The number of ether oxygens (including phenoxy) is 2. The van der Waals surface area contributed by atoms with Gasteiger partial charge in [0.25, 0.3) is 12.3 Å². The molecule has 1 heterocycles. The van der Waals surface area contributed by atoms with Crippen LogP contribution >= 0.6 is 0 Å². The zero-order chi connectivity index (χ0) is 22.5. The van der Waals surface area contributed by atoms with E-state index in [0.29, 0.717) is 41.3 Å². The number of nitrogens with zero attached hydrogens (tertiary/aromatic N) is 1. The molecule has 0 spiro atoms. The fraction of sp³-hybridized carbons (Fsp3) is 0.391. The van der Waals surface area contributed by atoms with Crippen LogP contribution in [0.2, 0.25) is 0 Å². The Kier molecular flexibility index (Phi) is 7.09. The van der Waals surface area contributed by atoms with Gasteiger partial charge in [0.1, 0.15) is 0 Å². The lowest BCUT2D eigenvalue weighted by Crippen LogP contribution is -2.31. The van der Waals surface area contributed by atoms with Crippen LogP contribution in [0.4, 0.5) is 8.78 Å². The standard InChI is InChI=1S/C23H27F2N3O3/c1-5-30-18-10-8-14(12-19(18)31-6-2)20(13(3)4)28-23(29)15-7-9-16-17(11-15)27-22(26-16)21(24)25/h7-13,20-21H,5-6H2,1-4H3,(H,26,27)(H,28,29). The molecular weight excluding hydrogens is 404 g/mol. The van der Waals surface area contributed by atoms with Gasteiger partial charge in [-0.15, -0.1) is 0 Å². The first-order chi connectivity index (χ1) is 14.8. The van der Waals surface area contributed by atoms with Crippen LogP contribution in [0.3, 0.4) is 0 Å². The number of carbonyl (C=O) groups is 1. The van der Waals surface area contributed by atoms with Crippen LogP contribution in [0, 0.1) is 5.92 Å². The van der Waals surface area contributed by atoms with Gasteiger partial charge in [0.2, 0.25) is 0 Å². The molecule has 0 aliphatic heterocycles. The third-order valence-corrected chi connectivity index (χ3v) is 4.85. The van der Waals surface area contributed by atoms with Crippen molar-refractivity contribution in [2.24, 2.45) is 5.92 Å². The summed E-state index contributed by atoms with van der Waals surface area (Å²) in [6, 6.07) is 10.0. The van der Waals surface area contributed by atoms with Crippen LogP contribution in [0.25, 0.3) is 11.0 Å². The average Bonchev–Trinajstić information content (AvgIpc) is 3.17. The SMILES string of the molecule is CCOc1ccc(C(NC(=O)c2ccc3nc(C(F)F)[nH]c3c2)C(C)C)cc1OCC. The summed E-state index contributed by atoms with van der Waals surface area (Å²) in [6.45, 7) is 8.83. The van der Waals surface area contributed by atoms with Crippen molar-refractivity contribution in [1.29, 1.82) is 0 Å². The second-order valence-corrected chi connectivity index (χ2v) is 7.42. The monoisotopic (exact) mass is 431 g/mol. The van der Waals surface area contributed by atoms with Gasteiger partial charge in [-0.3, -0.25) is 4.79 Å². The average molecular weight is 431 g/mol. The van der Waals surface area contributed by atoms with Crippen molar-refractivity contribution in [3.63, 3.8) is 0 Å². The minimum Gasteiger partial charge on any atom is -0.490 e. The highest BCUT2D eigenvalue weighted by Crippen LogP contribution is 2.33. The third-order valence-electron chi connectivity index (χ3n) is 4.85. The van der Waals surface area contributed by atoms with E-state index in [1.165, 1.54) is 6.07 Å². The van der Waals surface area contributed by atoms with E-state index in [4.69, 9.17) is 9.47 Å². The van der Waals surface area contributed by atoms with Crippen LogP contribution < -0.4 is 14.8 Å². The molecule has 0 fully saturated rings. The maximum absolute atomic E-state index is 12.9. The molecule has 0 saturated carbocycles. The van der Waals surface area contributed by atoms with Crippen molar-refractivity contribution in [2.45, 2.75) is 40.2 Å². The van der Waals surface area contributed by atoms with E-state index < -0.39 is 12.2 Å². The maximum atomic E-state index is 12.9. The predicted molar refractivity (Wildman–Crippen MR) is 115 cm³/mol. The quantitative estimate of drug-likeness (QED) is 0.474. The number of nitrogens with one attached hydrogen (secondary N) is 2. The molecule has 0 aliphatic carbocycles. The van der Waals surface area contributed by atoms with Crippen molar-refractivity contribution < 1.29 is 23.0 Å². The molecule has 1 amide bonds. The second-order valence-electron chi connectivity index (χ2n) is 7.42. The number of alkyl halides is 2. The summed E-state index contributed by atoms with van der Waals surface area (Å²) in [4.78, 5) is 19.4. The Morgan fingerprint density at radius 3 is 2.42 bits per heavy atom. The lowest BCUT2D eigenvalue weighted by Gasteiger charge is -2.24. The number of carbonyl (C=O) groups excluding carboxylic acids is 1. The number of amides is 1. The molecule has 3 rings (SSSR count). The second kappa shape index (κ2) is 9.76. The van der Waals surface area contributed by atoms with E-state index in [1.54, 1.807) is 12.1 Å². The molecule has 2 aromatic carbocycles. The van der Waals surface area contributed by atoms with Gasteiger partial charge in [-0.25, -0.2) is 13.8 Å². The number of aromatic nitrogens is 2. The fourth-order valence-corrected chi connectivity index (χ4v) is 3.39. The van der Waals surface area contributed by atoms with Gasteiger partial charge in [0, 0.05) is 5.56 Å². The van der Waals surface area contributed by atoms with E-state index >= 15 is 0 Å². The van der Waals surface area contributed by atoms with Crippen molar-refractivity contribution >= 4 is 16.9 Å². The number of benzene rings is 2. The van der Waals surface area contributed by atoms with Crippen LogP contribution in [0.1, 0.15) is 61.9 Å². The van der Waals surface area contributed by atoms with Gasteiger partial charge in [0.15, 0.2) is 17.3 Å². The summed E-state index contributed by atoms with van der Waals surface area (Å²) < 4.78 is 37.1. The summed E-state index contributed by atoms with van der Waals surface area (Å²) in [5.41, 5.74) is 2.03. The molecule has 0 bridgehead atoms. The van der Waals surface area contributed by atoms with Crippen LogP contribution in [-0.4, -0.2) is 29.1 Å². The zero-order valence-corrected chi connectivity index (χ0v) is 18.0. The van der Waals surface area contributed by atoms with Crippen LogP contribution in [0.15, 0.2) is 36.4 Å². The predicted octanol–water partition coefficient (Wildman–Crippen LogP) is 5.43. The van der Waals surface area contributed by atoms with Crippen molar-refractivity contribution in [2.75, 3.05) is 13.2 Å². The van der Waals surface area contributed by atoms with Crippen molar-refractivity contribution in [1.82, 2.24) is 15.3 Å². The number of halogens is 2. The number of aromatic amines is 1. The molecular formula is C23H27F2N3O3. The van der Waals surface area contributed by atoms with Gasteiger partial charge in [-0.1, -0.05) is 19.9 Å². The molecule has 8 heteroatoms. The minimum atomic E-state index is -2.70. The molecule has 3 aromatic rings. The number of H-pyrrole nitrogens is 1. The first kappa shape index (κ1) is 22.5. The molecule has 0 saturated heterocycles. The van der Waals surface area contributed by atoms with E-state index in [9.17, 15) is 13.6 Å². The Morgan fingerprint density at radius 1 is 1.06 bits per heavy atom. The molecule has 0 radical (unpaired) electrons. The molecule has 2 N–H and O–H groups in total. The highest BCUT2D eigenvalue weighted by atomic mass is 19.3. The van der Waals surface area contributed by atoms with E-state index in [1.807, 2.05) is 45.9 Å². The normalized spacial score (nSPS) is 12.4. The highest BCUT2D eigenvalue weighted by Gasteiger charge is 2.22. The Bertz CT molecular complexity index is 1050. The molecule has 1 aromatic heterocycles. The topological polar surface area (TPSA) is 76.2 Å². The lowest BCUT2D eigenvalue weighted by atomic mass is 9.95. The number of rotatable bonds is 9. The fourth-order valence-electron chi connectivity index (χ4n) is 3.39. The lowest BCUT2D eigenvalue weighted by molar-refractivity contribution is 0.0925. The maximum Gasteiger partial charge on any atom is 0.295 e. The molecule has 1 atom stereocenters. The molecule has 0 aliphatic rings. The summed E-state index contributed by atoms with van der Waals surface area (Å²) >= 11 is 0. The Hall–Kier alpha value is -3.16. The zero-order valence-electron chi connectivity index (χ0n) is 18.0. The number of imidazole rings is 1. The third kappa shape index (κ3) is 5.13. The Labute approximate surface area is 180 Å². The highest BCUT2D eigenvalue weighted by molar-refractivity contribution is 5.97. The van der Waals surface area contributed by atoms with E-state index in [2.05, 4.69) is 15.3 Å². The van der Waals surface area contributed by atoms with Gasteiger partial charge in [-0.05, 0) is 55.7 Å². The van der Waals surface area contributed by atoms with Gasteiger partial charge in [-0.2, -0.15) is 0 Å². The Balaban J connectivity index is 1.86. The smallest absolute Gasteiger partial charge is 0.295 e. The van der Waals surface area contributed by atoms with Crippen LogP contribution in [-0.2, 0) is 0 Å². The Morgan fingerprint density at radius 2 is 1.77 bits per heavy atom. The van der Waals surface area contributed by atoms with Gasteiger partial charge >= 0.3 is 0 Å². The van der Waals surface area contributed by atoms with Crippen molar-refractivity contribution in [3.05, 3.63) is 53.3 Å². The minimum absolute atomic E-state index is 0.0951. The first-order valence-electron chi connectivity index (χ1n) is 10.3. The molecule has 6 nitrogen and oxygen atoms in total. The van der Waals surface area contributed by atoms with Crippen LogP contribution in [0.5, 0.6) is 11.5 Å². The molecule has 166 valence electrons. The first-order valence-corrected chi connectivity index (χ1v) is 10.3. The van der Waals surface area contributed by atoms with Gasteiger partial charge in [0.05, 0.1) is 30.3 Å². The molecule has 1 unspecified atom stereocenters. The summed E-state index contributed by atoms with van der Waals surface area (Å²) in [5, 5.41) is 3.05. The number of fused-ring (bicyclic) bond motifs is 1. The number of hydrogen-bond acceptors (Lipinski definition) is 4. The van der Waals surface area contributed by atoms with E-state index in [-0.39, 0.29) is 17.9 Å². The summed E-state index contributed by atoms with van der Waals surface area (Å²) in [5.74, 6) is 0.658. The summed E-state index contributed by atoms with van der Waals surface area (Å²) in [7, 11) is 0. The van der Waals surface area contributed by atoms with E-state index in [0.717, 1.165) is 5.56 Å². The number of hydrogen-bond donors (Lipinski definition) is 2. The summed E-state index contributed by atoms with van der Waals surface area (Å²) in [6.07, 6.45) is -2.70. The molecule has 31 heavy (non-hydrogen) atoms. The van der Waals surface area contributed by atoms with Crippen molar-refractivity contribution in [3.8, 4) is 11.5 Å². The largest absolute Gasteiger partial charge is 0.490 e.